The van der Waals surface area contributed by atoms with Gasteiger partial charge in [0.15, 0.2) is 11.5 Å². The van der Waals surface area contributed by atoms with Crippen molar-refractivity contribution in [3.8, 4) is 17.4 Å². The normalized spacial score (nSPS) is 12.5. The highest BCUT2D eigenvalue weighted by Crippen LogP contribution is 2.29. The summed E-state index contributed by atoms with van der Waals surface area (Å²) in [7, 11) is 0. The highest BCUT2D eigenvalue weighted by atomic mass is 16.5. The molecule has 2 N–H and O–H groups in total. The van der Waals surface area contributed by atoms with Crippen LogP contribution in [-0.2, 0) is 12.8 Å². The number of hydrogen-bond donors (Lipinski definition) is 2. The lowest BCUT2D eigenvalue weighted by Gasteiger charge is -2.13. The van der Waals surface area contributed by atoms with Gasteiger partial charge >= 0.3 is 0 Å². The number of benzene rings is 1. The molecule has 0 radical (unpaired) electrons. The van der Waals surface area contributed by atoms with E-state index in [0.29, 0.717) is 41.8 Å². The molecule has 2 heterocycles. The average molecular weight is 423 g/mol. The Bertz CT molecular complexity index is 1180. The van der Waals surface area contributed by atoms with Crippen LogP contribution in [0.3, 0.4) is 0 Å². The third-order valence-corrected chi connectivity index (χ3v) is 5.01. The van der Waals surface area contributed by atoms with Crippen LogP contribution in [0.25, 0.3) is 5.95 Å². The summed E-state index contributed by atoms with van der Waals surface area (Å²) in [6.07, 6.45) is 2.41. The molecule has 0 saturated carbocycles. The molecule has 0 saturated heterocycles. The molecule has 0 spiro atoms. The average Bonchev–Trinajstić information content (AvgIpc) is 3.36. The quantitative estimate of drug-likeness (QED) is 0.605. The van der Waals surface area contributed by atoms with E-state index in [4.69, 9.17) is 9.47 Å². The van der Waals surface area contributed by atoms with Gasteiger partial charge in [0.25, 0.3) is 11.5 Å². The van der Waals surface area contributed by atoms with E-state index in [1.165, 1.54) is 4.68 Å². The first-order valence-electron chi connectivity index (χ1n) is 10.4. The topological polar surface area (TPSA) is 111 Å². The monoisotopic (exact) mass is 423 g/mol. The zero-order valence-electron chi connectivity index (χ0n) is 17.8. The Morgan fingerprint density at radius 3 is 2.71 bits per heavy atom. The summed E-state index contributed by atoms with van der Waals surface area (Å²) >= 11 is 0. The Balaban J connectivity index is 1.64. The number of carbonyl (C=O) groups is 1. The van der Waals surface area contributed by atoms with Crippen molar-refractivity contribution in [3.05, 3.63) is 57.1 Å². The first-order chi connectivity index (χ1) is 15.0. The predicted molar refractivity (Wildman–Crippen MR) is 115 cm³/mol. The van der Waals surface area contributed by atoms with Crippen molar-refractivity contribution in [2.45, 2.75) is 40.0 Å². The molecule has 0 fully saturated rings. The molecule has 1 aromatic carbocycles. The second kappa shape index (κ2) is 8.63. The number of anilines is 1. The summed E-state index contributed by atoms with van der Waals surface area (Å²) in [5.41, 5.74) is 2.46. The van der Waals surface area contributed by atoms with Crippen LogP contribution in [0.4, 0.5) is 5.82 Å². The van der Waals surface area contributed by atoms with Gasteiger partial charge in [0, 0.05) is 17.2 Å². The van der Waals surface area contributed by atoms with Crippen LogP contribution in [-0.4, -0.2) is 38.9 Å². The second-order valence-electron chi connectivity index (χ2n) is 7.23. The molecule has 0 bridgehead atoms. The van der Waals surface area contributed by atoms with Crippen LogP contribution in [0, 0.1) is 6.92 Å². The highest BCUT2D eigenvalue weighted by molar-refractivity contribution is 6.04. The Morgan fingerprint density at radius 1 is 1.16 bits per heavy atom. The molecule has 1 amide bonds. The van der Waals surface area contributed by atoms with Gasteiger partial charge < -0.3 is 14.8 Å². The van der Waals surface area contributed by atoms with Crippen molar-refractivity contribution in [2.24, 2.45) is 0 Å². The van der Waals surface area contributed by atoms with Gasteiger partial charge in [0.2, 0.25) is 5.95 Å². The molecule has 0 atom stereocenters. The Labute approximate surface area is 179 Å². The number of rotatable bonds is 7. The summed E-state index contributed by atoms with van der Waals surface area (Å²) in [6.45, 7) is 6.51. The fourth-order valence-electron chi connectivity index (χ4n) is 3.66. The van der Waals surface area contributed by atoms with Crippen LogP contribution < -0.4 is 20.3 Å². The van der Waals surface area contributed by atoms with Gasteiger partial charge in [-0.05, 0) is 58.2 Å². The van der Waals surface area contributed by atoms with E-state index in [1.807, 2.05) is 20.8 Å². The third kappa shape index (κ3) is 4.16. The number of amides is 1. The minimum atomic E-state index is -0.339. The highest BCUT2D eigenvalue weighted by Gasteiger charge is 2.20. The number of fused-ring (bicyclic) bond motifs is 1. The molecule has 9 nitrogen and oxygen atoms in total. The van der Waals surface area contributed by atoms with Gasteiger partial charge in [-0.15, -0.1) is 0 Å². The van der Waals surface area contributed by atoms with Crippen molar-refractivity contribution in [1.29, 1.82) is 0 Å². The van der Waals surface area contributed by atoms with E-state index in [0.717, 1.165) is 30.5 Å². The molecule has 9 heteroatoms. The van der Waals surface area contributed by atoms with Gasteiger partial charge in [-0.3, -0.25) is 14.6 Å². The number of ether oxygens (including phenoxy) is 2. The minimum Gasteiger partial charge on any atom is -0.490 e. The Kier molecular flexibility index (Phi) is 5.75. The number of H-pyrrole nitrogens is 1. The van der Waals surface area contributed by atoms with Gasteiger partial charge in [-0.2, -0.15) is 9.78 Å². The fraction of sp³-hybridized carbons (Fsp3) is 0.364. The van der Waals surface area contributed by atoms with Gasteiger partial charge in [0.1, 0.15) is 5.82 Å². The Hall–Kier alpha value is -3.62. The van der Waals surface area contributed by atoms with E-state index >= 15 is 0 Å². The SMILES string of the molecule is CCOc1ccc(C(=O)Nc2cc(C)nn2-c2nc3c(c(=O)[nH]2)CCC3)cc1OCC. The number of hydrogen-bond acceptors (Lipinski definition) is 6. The van der Waals surface area contributed by atoms with Gasteiger partial charge in [0.05, 0.1) is 24.6 Å². The maximum absolute atomic E-state index is 12.9. The third-order valence-electron chi connectivity index (χ3n) is 5.01. The summed E-state index contributed by atoms with van der Waals surface area (Å²) in [5.74, 6) is 1.45. The predicted octanol–water partition coefficient (Wildman–Crippen LogP) is 2.80. The van der Waals surface area contributed by atoms with E-state index < -0.39 is 0 Å². The largest absolute Gasteiger partial charge is 0.490 e. The van der Waals surface area contributed by atoms with Crippen molar-refractivity contribution in [1.82, 2.24) is 19.7 Å². The van der Waals surface area contributed by atoms with Crippen molar-refractivity contribution in [2.75, 3.05) is 18.5 Å². The summed E-state index contributed by atoms with van der Waals surface area (Å²) in [4.78, 5) is 32.7. The summed E-state index contributed by atoms with van der Waals surface area (Å²) in [6, 6.07) is 6.76. The number of carbonyl (C=O) groups excluding carboxylic acids is 1. The standard InChI is InChI=1S/C22H25N5O4/c1-4-30-17-10-9-14(12-18(17)31-5-2)20(28)24-19-11-13(3)26-27(19)22-23-16-8-6-7-15(16)21(29)25-22/h9-12H,4-8H2,1-3H3,(H,24,28)(H,23,25,29). The maximum atomic E-state index is 12.9. The molecular weight excluding hydrogens is 398 g/mol. The second-order valence-corrected chi connectivity index (χ2v) is 7.23. The van der Waals surface area contributed by atoms with Gasteiger partial charge in [-0.1, -0.05) is 0 Å². The lowest BCUT2D eigenvalue weighted by molar-refractivity contribution is 0.102. The molecule has 1 aliphatic carbocycles. The number of aromatic amines is 1. The molecule has 0 unspecified atom stereocenters. The number of aromatic nitrogens is 4. The molecule has 162 valence electrons. The Morgan fingerprint density at radius 2 is 1.94 bits per heavy atom. The van der Waals surface area contributed by atoms with E-state index in [-0.39, 0.29) is 17.4 Å². The van der Waals surface area contributed by atoms with Crippen molar-refractivity contribution in [3.63, 3.8) is 0 Å². The molecule has 0 aliphatic heterocycles. The molecule has 4 rings (SSSR count). The molecular formula is C22H25N5O4. The minimum absolute atomic E-state index is 0.157. The maximum Gasteiger partial charge on any atom is 0.256 e. The van der Waals surface area contributed by atoms with E-state index in [2.05, 4.69) is 20.4 Å². The number of nitrogens with zero attached hydrogens (tertiary/aromatic N) is 3. The molecule has 3 aromatic rings. The molecule has 31 heavy (non-hydrogen) atoms. The van der Waals surface area contributed by atoms with Crippen LogP contribution >= 0.6 is 0 Å². The lowest BCUT2D eigenvalue weighted by atomic mass is 10.2. The first-order valence-corrected chi connectivity index (χ1v) is 10.4. The van der Waals surface area contributed by atoms with Crippen LogP contribution in [0.15, 0.2) is 29.1 Å². The summed E-state index contributed by atoms with van der Waals surface area (Å²) < 4.78 is 12.6. The van der Waals surface area contributed by atoms with Crippen molar-refractivity contribution < 1.29 is 14.3 Å². The van der Waals surface area contributed by atoms with Gasteiger partial charge in [-0.25, -0.2) is 4.98 Å². The zero-order chi connectivity index (χ0) is 22.0. The number of nitrogens with one attached hydrogen (secondary N) is 2. The molecule has 2 aromatic heterocycles. The lowest BCUT2D eigenvalue weighted by Crippen LogP contribution is -2.21. The van der Waals surface area contributed by atoms with Crippen LogP contribution in [0.5, 0.6) is 11.5 Å². The van der Waals surface area contributed by atoms with Crippen LogP contribution in [0.2, 0.25) is 0 Å². The van der Waals surface area contributed by atoms with Crippen LogP contribution in [0.1, 0.15) is 47.6 Å². The van der Waals surface area contributed by atoms with E-state index in [9.17, 15) is 9.59 Å². The fourth-order valence-corrected chi connectivity index (χ4v) is 3.66. The molecule has 1 aliphatic rings. The van der Waals surface area contributed by atoms with E-state index in [1.54, 1.807) is 24.3 Å². The number of aryl methyl sites for hydroxylation is 2. The van der Waals surface area contributed by atoms with Crippen molar-refractivity contribution >= 4 is 11.7 Å². The zero-order valence-corrected chi connectivity index (χ0v) is 17.8. The smallest absolute Gasteiger partial charge is 0.256 e. The first kappa shape index (κ1) is 20.6. The summed E-state index contributed by atoms with van der Waals surface area (Å²) in [5, 5.41) is 7.26.